The molecule has 1 saturated carbocycles. The maximum atomic E-state index is 11.2. The van der Waals surface area contributed by atoms with Crippen LogP contribution in [0.2, 0.25) is 0 Å². The van der Waals surface area contributed by atoms with Crippen LogP contribution in [0.5, 0.6) is 0 Å². The van der Waals surface area contributed by atoms with E-state index in [4.69, 9.17) is 0 Å². The van der Waals surface area contributed by atoms with Gasteiger partial charge < -0.3 is 20.6 Å². The van der Waals surface area contributed by atoms with E-state index >= 15 is 0 Å². The van der Waals surface area contributed by atoms with Crippen LogP contribution in [0.25, 0.3) is 0 Å². The molecule has 0 aromatic rings. The summed E-state index contributed by atoms with van der Waals surface area (Å²) in [5.41, 5.74) is 0. The number of aliphatic hydroxyl groups excluding tert-OH is 1. The molecule has 0 aromatic carbocycles. The van der Waals surface area contributed by atoms with Crippen LogP contribution in [-0.4, -0.2) is 54.9 Å². The van der Waals surface area contributed by atoms with Gasteiger partial charge in [0.25, 0.3) is 0 Å². The number of urea groups is 1. The number of hydrogen-bond acceptors (Lipinski definition) is 3. The molecule has 1 aliphatic carbocycles. The van der Waals surface area contributed by atoms with Crippen molar-refractivity contribution < 1.29 is 9.90 Å². The fourth-order valence-electron chi connectivity index (χ4n) is 2.48. The normalized spacial score (nSPS) is 29.8. The summed E-state index contributed by atoms with van der Waals surface area (Å²) < 4.78 is 0. The number of nitrogens with zero attached hydrogens (tertiary/aromatic N) is 1. The molecule has 2 amide bonds. The van der Waals surface area contributed by atoms with Gasteiger partial charge in [-0.05, 0) is 18.8 Å². The number of carbonyl (C=O) groups is 1. The average molecular weight is 227 g/mol. The van der Waals surface area contributed by atoms with Gasteiger partial charge in [-0.3, -0.25) is 0 Å². The van der Waals surface area contributed by atoms with Gasteiger partial charge in [-0.1, -0.05) is 6.42 Å². The molecule has 2 unspecified atom stereocenters. The van der Waals surface area contributed by atoms with Gasteiger partial charge in [0, 0.05) is 32.7 Å². The van der Waals surface area contributed by atoms with E-state index in [1.165, 1.54) is 0 Å². The Kier molecular flexibility index (Phi) is 4.01. The third-order valence-electron chi connectivity index (χ3n) is 3.53. The quantitative estimate of drug-likeness (QED) is 0.568. The van der Waals surface area contributed by atoms with Crippen molar-refractivity contribution in [2.75, 3.05) is 32.7 Å². The van der Waals surface area contributed by atoms with Crippen molar-refractivity contribution in [1.82, 2.24) is 15.5 Å². The Morgan fingerprint density at radius 3 is 3.00 bits per heavy atom. The highest BCUT2D eigenvalue weighted by atomic mass is 16.3. The van der Waals surface area contributed by atoms with Crippen LogP contribution in [0.1, 0.15) is 19.3 Å². The van der Waals surface area contributed by atoms with Gasteiger partial charge in [0.15, 0.2) is 0 Å². The zero-order chi connectivity index (χ0) is 11.4. The highest BCUT2D eigenvalue weighted by Crippen LogP contribution is 2.24. The first-order valence-corrected chi connectivity index (χ1v) is 6.19. The molecular formula is C11H21N3O2. The number of aliphatic hydroxyl groups is 1. The van der Waals surface area contributed by atoms with Gasteiger partial charge in [0.05, 0.1) is 6.10 Å². The van der Waals surface area contributed by atoms with Crippen LogP contribution in [0, 0.1) is 5.92 Å². The molecule has 0 aromatic heterocycles. The minimum atomic E-state index is -0.123. The van der Waals surface area contributed by atoms with Crippen LogP contribution in [-0.2, 0) is 0 Å². The molecule has 2 aliphatic rings. The summed E-state index contributed by atoms with van der Waals surface area (Å²) in [4.78, 5) is 13.0. The molecule has 92 valence electrons. The molecule has 1 aliphatic heterocycles. The number of nitrogens with one attached hydrogen (secondary N) is 2. The largest absolute Gasteiger partial charge is 0.393 e. The minimum absolute atomic E-state index is 0.0442. The lowest BCUT2D eigenvalue weighted by molar-refractivity contribution is 0.131. The molecule has 0 spiro atoms. The van der Waals surface area contributed by atoms with Crippen molar-refractivity contribution in [3.8, 4) is 0 Å². The first-order valence-electron chi connectivity index (χ1n) is 6.19. The molecule has 2 rings (SSSR count). The van der Waals surface area contributed by atoms with Crippen molar-refractivity contribution in [2.24, 2.45) is 5.92 Å². The van der Waals surface area contributed by atoms with Crippen LogP contribution < -0.4 is 10.6 Å². The average Bonchev–Trinajstić information content (AvgIpc) is 2.84. The highest BCUT2D eigenvalue weighted by Gasteiger charge is 2.24. The summed E-state index contributed by atoms with van der Waals surface area (Å²) >= 11 is 0. The second kappa shape index (κ2) is 5.50. The summed E-state index contributed by atoms with van der Waals surface area (Å²) in [6.45, 7) is 4.02. The zero-order valence-corrected chi connectivity index (χ0v) is 9.61. The van der Waals surface area contributed by atoms with E-state index in [-0.39, 0.29) is 12.1 Å². The summed E-state index contributed by atoms with van der Waals surface area (Å²) in [5.74, 6) is 0.410. The Labute approximate surface area is 96.2 Å². The number of carbonyl (C=O) groups excluding carboxylic acids is 1. The number of rotatable bonds is 5. The maximum absolute atomic E-state index is 11.2. The molecule has 16 heavy (non-hydrogen) atoms. The fourth-order valence-corrected chi connectivity index (χ4v) is 2.48. The molecule has 2 atom stereocenters. The van der Waals surface area contributed by atoms with E-state index in [0.717, 1.165) is 52.0 Å². The van der Waals surface area contributed by atoms with Crippen LogP contribution in [0.3, 0.4) is 0 Å². The summed E-state index contributed by atoms with van der Waals surface area (Å²) in [6.07, 6.45) is 3.09. The maximum Gasteiger partial charge on any atom is 0.317 e. The smallest absolute Gasteiger partial charge is 0.317 e. The predicted octanol–water partition coefficient (Wildman–Crippen LogP) is -0.238. The van der Waals surface area contributed by atoms with Crippen molar-refractivity contribution in [2.45, 2.75) is 25.4 Å². The lowest BCUT2D eigenvalue weighted by atomic mass is 10.1. The Bertz CT molecular complexity index is 247. The van der Waals surface area contributed by atoms with Crippen molar-refractivity contribution in [1.29, 1.82) is 0 Å². The van der Waals surface area contributed by atoms with Crippen molar-refractivity contribution >= 4 is 6.03 Å². The van der Waals surface area contributed by atoms with E-state index < -0.39 is 0 Å². The summed E-state index contributed by atoms with van der Waals surface area (Å²) in [6, 6.07) is 0.0442. The Morgan fingerprint density at radius 1 is 1.50 bits per heavy atom. The van der Waals surface area contributed by atoms with Gasteiger partial charge in [0.2, 0.25) is 0 Å². The molecule has 2 fully saturated rings. The predicted molar refractivity (Wildman–Crippen MR) is 61.2 cm³/mol. The van der Waals surface area contributed by atoms with Crippen LogP contribution >= 0.6 is 0 Å². The van der Waals surface area contributed by atoms with E-state index in [2.05, 4.69) is 10.6 Å². The van der Waals surface area contributed by atoms with Gasteiger partial charge in [-0.25, -0.2) is 4.79 Å². The van der Waals surface area contributed by atoms with E-state index in [0.29, 0.717) is 5.92 Å². The first kappa shape index (κ1) is 11.7. The Hall–Kier alpha value is -0.810. The zero-order valence-electron chi connectivity index (χ0n) is 9.61. The van der Waals surface area contributed by atoms with Gasteiger partial charge in [-0.2, -0.15) is 0 Å². The minimum Gasteiger partial charge on any atom is -0.393 e. The number of amides is 2. The monoisotopic (exact) mass is 227 g/mol. The van der Waals surface area contributed by atoms with Crippen molar-refractivity contribution in [3.05, 3.63) is 0 Å². The second-order valence-electron chi connectivity index (χ2n) is 4.68. The van der Waals surface area contributed by atoms with E-state index in [1.54, 1.807) is 0 Å². The molecule has 0 radical (unpaired) electrons. The van der Waals surface area contributed by atoms with Gasteiger partial charge in [0.1, 0.15) is 0 Å². The Balaban J connectivity index is 1.56. The van der Waals surface area contributed by atoms with E-state index in [9.17, 15) is 9.90 Å². The van der Waals surface area contributed by atoms with Crippen LogP contribution in [0.4, 0.5) is 4.79 Å². The summed E-state index contributed by atoms with van der Waals surface area (Å²) in [5, 5.41) is 15.7. The van der Waals surface area contributed by atoms with Gasteiger partial charge in [-0.15, -0.1) is 0 Å². The fraction of sp³-hybridized carbons (Fsp3) is 0.909. The second-order valence-corrected chi connectivity index (χ2v) is 4.68. The summed E-state index contributed by atoms with van der Waals surface area (Å²) in [7, 11) is 0. The van der Waals surface area contributed by atoms with Crippen molar-refractivity contribution in [3.63, 3.8) is 0 Å². The molecule has 5 nitrogen and oxygen atoms in total. The third-order valence-corrected chi connectivity index (χ3v) is 3.53. The standard InChI is InChI=1S/C11H21N3O2/c15-10-3-1-2-9(10)8-12-4-6-14-7-5-13-11(14)16/h9-10,12,15H,1-8H2,(H,13,16). The molecule has 1 heterocycles. The molecule has 0 bridgehead atoms. The molecule has 3 N–H and O–H groups in total. The first-order chi connectivity index (χ1) is 7.77. The topological polar surface area (TPSA) is 64.6 Å². The number of hydrogen-bond donors (Lipinski definition) is 3. The van der Waals surface area contributed by atoms with E-state index in [1.807, 2.05) is 4.90 Å². The SMILES string of the molecule is O=C1NCCN1CCNCC1CCCC1O. The molecule has 1 saturated heterocycles. The lowest BCUT2D eigenvalue weighted by Gasteiger charge is -2.17. The lowest BCUT2D eigenvalue weighted by Crippen LogP contribution is -2.37. The Morgan fingerprint density at radius 2 is 2.38 bits per heavy atom. The molecule has 5 heteroatoms. The van der Waals surface area contributed by atoms with Crippen LogP contribution in [0.15, 0.2) is 0 Å². The third kappa shape index (κ3) is 2.86. The highest BCUT2D eigenvalue weighted by molar-refractivity contribution is 5.76. The van der Waals surface area contributed by atoms with Gasteiger partial charge >= 0.3 is 6.03 Å². The molecular weight excluding hydrogens is 206 g/mol.